The summed E-state index contributed by atoms with van der Waals surface area (Å²) in [6.45, 7) is 5.59. The van der Waals surface area contributed by atoms with E-state index in [4.69, 9.17) is 11.6 Å². The van der Waals surface area contributed by atoms with E-state index in [2.05, 4.69) is 23.6 Å². The van der Waals surface area contributed by atoms with E-state index in [1.165, 1.54) is 12.1 Å². The second-order valence-corrected chi connectivity index (χ2v) is 8.16. The third-order valence-electron chi connectivity index (χ3n) is 6.17. The van der Waals surface area contributed by atoms with E-state index in [1.54, 1.807) is 12.1 Å². The predicted molar refractivity (Wildman–Crippen MR) is 116 cm³/mol. The van der Waals surface area contributed by atoms with E-state index in [0.29, 0.717) is 30.1 Å². The van der Waals surface area contributed by atoms with Crippen molar-refractivity contribution in [3.8, 4) is 0 Å². The molecule has 3 aromatic rings. The van der Waals surface area contributed by atoms with Crippen molar-refractivity contribution in [3.05, 3.63) is 112 Å². The summed E-state index contributed by atoms with van der Waals surface area (Å²) in [5.41, 5.74) is 3.90. The number of hydrogen-bond acceptors (Lipinski definition) is 2. The van der Waals surface area contributed by atoms with E-state index in [1.807, 2.05) is 41.3 Å². The Morgan fingerprint density at radius 2 is 1.67 bits per heavy atom. The molecule has 1 atom stereocenters. The van der Waals surface area contributed by atoms with E-state index in [9.17, 15) is 9.18 Å². The average molecular weight is 419 g/mol. The minimum atomic E-state index is -0.707. The zero-order valence-corrected chi connectivity index (χ0v) is 17.1. The van der Waals surface area contributed by atoms with Gasteiger partial charge in [0.15, 0.2) is 0 Å². The minimum Gasteiger partial charge on any atom is -0.343 e. The molecule has 1 saturated heterocycles. The Kier molecular flexibility index (Phi) is 4.40. The van der Waals surface area contributed by atoms with Crippen LogP contribution in [0.3, 0.4) is 0 Å². The van der Waals surface area contributed by atoms with Gasteiger partial charge in [0.05, 0.1) is 0 Å². The number of carbonyl (C=O) groups is 1. The van der Waals surface area contributed by atoms with Crippen LogP contribution in [0.4, 0.5) is 4.39 Å². The summed E-state index contributed by atoms with van der Waals surface area (Å²) < 4.78 is 13.4. The molecule has 1 unspecified atom stereocenters. The molecule has 2 aliphatic heterocycles. The van der Waals surface area contributed by atoms with Crippen LogP contribution >= 0.6 is 11.6 Å². The van der Waals surface area contributed by atoms with Gasteiger partial charge < -0.3 is 9.80 Å². The molecular formula is C25H20ClFN2O. The maximum Gasteiger partial charge on any atom is 0.256 e. The van der Waals surface area contributed by atoms with E-state index < -0.39 is 5.66 Å². The Morgan fingerprint density at radius 3 is 2.40 bits per heavy atom. The molecular weight excluding hydrogens is 399 g/mol. The SMILES string of the molecule is C=C1c2ccccc2CC2(c3ccc(Cl)cc3)N1CCN2C(=O)c1ccc(F)cc1. The molecule has 1 amide bonds. The number of halogens is 2. The molecule has 0 aliphatic carbocycles. The van der Waals surface area contributed by atoms with Gasteiger partial charge in [0.25, 0.3) is 5.91 Å². The zero-order chi connectivity index (χ0) is 20.9. The Hall–Kier alpha value is -3.11. The number of carbonyl (C=O) groups excluding carboxylic acids is 1. The first-order valence-electron chi connectivity index (χ1n) is 9.89. The number of nitrogens with zero attached hydrogens (tertiary/aromatic N) is 2. The van der Waals surface area contributed by atoms with Gasteiger partial charge in [-0.25, -0.2) is 4.39 Å². The van der Waals surface area contributed by atoms with Gasteiger partial charge in [-0.05, 0) is 47.5 Å². The van der Waals surface area contributed by atoms with Crippen molar-refractivity contribution in [2.24, 2.45) is 0 Å². The molecule has 0 N–H and O–H groups in total. The summed E-state index contributed by atoms with van der Waals surface area (Å²) in [6.07, 6.45) is 0.636. The number of benzene rings is 3. The van der Waals surface area contributed by atoms with Crippen LogP contribution in [0, 0.1) is 5.82 Å². The molecule has 0 spiro atoms. The van der Waals surface area contributed by atoms with Gasteiger partial charge in [-0.15, -0.1) is 0 Å². The van der Waals surface area contributed by atoms with Crippen LogP contribution in [-0.2, 0) is 12.1 Å². The number of fused-ring (bicyclic) bond motifs is 2. The molecule has 30 heavy (non-hydrogen) atoms. The van der Waals surface area contributed by atoms with Crippen molar-refractivity contribution < 1.29 is 9.18 Å². The molecule has 0 radical (unpaired) electrons. The molecule has 2 aliphatic rings. The van der Waals surface area contributed by atoms with Crippen molar-refractivity contribution in [2.45, 2.75) is 12.1 Å². The molecule has 0 aromatic heterocycles. The topological polar surface area (TPSA) is 23.6 Å². The highest BCUT2D eigenvalue weighted by Crippen LogP contribution is 2.49. The minimum absolute atomic E-state index is 0.125. The van der Waals surface area contributed by atoms with Crippen LogP contribution in [0.25, 0.3) is 5.70 Å². The van der Waals surface area contributed by atoms with Crippen molar-refractivity contribution in [3.63, 3.8) is 0 Å². The summed E-state index contributed by atoms with van der Waals surface area (Å²) in [5.74, 6) is -0.485. The van der Waals surface area contributed by atoms with Crippen LogP contribution in [0.5, 0.6) is 0 Å². The monoisotopic (exact) mass is 418 g/mol. The van der Waals surface area contributed by atoms with Gasteiger partial charge in [0.1, 0.15) is 11.5 Å². The van der Waals surface area contributed by atoms with E-state index in [-0.39, 0.29) is 11.7 Å². The molecule has 1 fully saturated rings. The summed E-state index contributed by atoms with van der Waals surface area (Å²) in [5, 5.41) is 0.645. The largest absolute Gasteiger partial charge is 0.343 e. The van der Waals surface area contributed by atoms with Crippen molar-refractivity contribution in [2.75, 3.05) is 13.1 Å². The Balaban J connectivity index is 1.68. The third kappa shape index (κ3) is 2.75. The highest BCUT2D eigenvalue weighted by Gasteiger charge is 2.53. The molecule has 150 valence electrons. The van der Waals surface area contributed by atoms with E-state index >= 15 is 0 Å². The molecule has 2 heterocycles. The summed E-state index contributed by atoms with van der Waals surface area (Å²) in [4.78, 5) is 17.7. The van der Waals surface area contributed by atoms with E-state index in [0.717, 1.165) is 22.4 Å². The number of rotatable bonds is 2. The Labute approximate surface area is 180 Å². The average Bonchev–Trinajstić information content (AvgIpc) is 3.15. The third-order valence-corrected chi connectivity index (χ3v) is 6.43. The van der Waals surface area contributed by atoms with Gasteiger partial charge in [-0.2, -0.15) is 0 Å². The lowest BCUT2D eigenvalue weighted by Gasteiger charge is -2.49. The lowest BCUT2D eigenvalue weighted by atomic mass is 9.82. The Morgan fingerprint density at radius 1 is 0.967 bits per heavy atom. The number of amides is 1. The Bertz CT molecular complexity index is 1140. The fourth-order valence-corrected chi connectivity index (χ4v) is 4.91. The van der Waals surface area contributed by atoms with Crippen LogP contribution in [0.2, 0.25) is 5.02 Å². The second kappa shape index (κ2) is 6.99. The highest BCUT2D eigenvalue weighted by atomic mass is 35.5. The summed E-state index contributed by atoms with van der Waals surface area (Å²) in [7, 11) is 0. The first-order valence-corrected chi connectivity index (χ1v) is 10.3. The van der Waals surface area contributed by atoms with Gasteiger partial charge >= 0.3 is 0 Å². The molecule has 0 saturated carbocycles. The predicted octanol–water partition coefficient (Wildman–Crippen LogP) is 5.32. The fraction of sp³-hybridized carbons (Fsp3) is 0.160. The standard InChI is InChI=1S/C25H20ClFN2O/c1-17-23-5-3-2-4-19(23)16-25(20-8-10-21(26)11-9-20)28(17)14-15-29(25)24(30)18-6-12-22(27)13-7-18/h2-13H,1,14-16H2. The first kappa shape index (κ1) is 18.9. The first-order chi connectivity index (χ1) is 14.5. The van der Waals surface area contributed by atoms with Gasteiger partial charge in [0.2, 0.25) is 0 Å². The van der Waals surface area contributed by atoms with Crippen molar-refractivity contribution in [1.82, 2.24) is 9.80 Å². The molecule has 5 rings (SSSR count). The fourth-order valence-electron chi connectivity index (χ4n) is 4.78. The van der Waals surface area contributed by atoms with Gasteiger partial charge in [-0.1, -0.05) is 54.6 Å². The van der Waals surface area contributed by atoms with Crippen LogP contribution in [0.15, 0.2) is 79.4 Å². The summed E-state index contributed by atoms with van der Waals surface area (Å²) >= 11 is 6.16. The maximum atomic E-state index is 13.6. The maximum absolute atomic E-state index is 13.6. The number of hydrogen-bond donors (Lipinski definition) is 0. The second-order valence-electron chi connectivity index (χ2n) is 7.72. The van der Waals surface area contributed by atoms with Crippen molar-refractivity contribution >= 4 is 23.2 Å². The van der Waals surface area contributed by atoms with Gasteiger partial charge in [-0.3, -0.25) is 4.79 Å². The van der Waals surface area contributed by atoms with Crippen molar-refractivity contribution in [1.29, 1.82) is 0 Å². The molecule has 3 nitrogen and oxygen atoms in total. The zero-order valence-electron chi connectivity index (χ0n) is 16.3. The lowest BCUT2D eigenvalue weighted by molar-refractivity contribution is 0.0298. The van der Waals surface area contributed by atoms with Crippen LogP contribution in [0.1, 0.15) is 27.0 Å². The molecule has 3 aromatic carbocycles. The molecule has 5 heteroatoms. The van der Waals surface area contributed by atoms with Gasteiger partial charge in [0, 0.05) is 41.4 Å². The lowest BCUT2D eigenvalue weighted by Crippen LogP contribution is -2.55. The summed E-state index contributed by atoms with van der Waals surface area (Å²) in [6, 6.07) is 21.6. The smallest absolute Gasteiger partial charge is 0.256 e. The molecule has 0 bridgehead atoms. The quantitative estimate of drug-likeness (QED) is 0.562. The van der Waals surface area contributed by atoms with Crippen LogP contribution < -0.4 is 0 Å². The van der Waals surface area contributed by atoms with Crippen LogP contribution in [-0.4, -0.2) is 28.8 Å². The highest BCUT2D eigenvalue weighted by molar-refractivity contribution is 6.30. The normalized spacial score (nSPS) is 20.1.